The molecular weight excluding hydrogens is 306 g/mol. The van der Waals surface area contributed by atoms with E-state index >= 15 is 0 Å². The molecule has 0 fully saturated rings. The Kier molecular flexibility index (Phi) is 4.30. The van der Waals surface area contributed by atoms with E-state index in [0.29, 0.717) is 5.69 Å². The van der Waals surface area contributed by atoms with Gasteiger partial charge in [0, 0.05) is 13.1 Å². The molecule has 0 radical (unpaired) electrons. The third-order valence-electron chi connectivity index (χ3n) is 3.80. The average Bonchev–Trinajstić information content (AvgIpc) is 3.23. The van der Waals surface area contributed by atoms with E-state index in [1.807, 2.05) is 72.4 Å². The lowest BCUT2D eigenvalue weighted by Gasteiger charge is -2.19. The highest BCUT2D eigenvalue weighted by molar-refractivity contribution is 7.13. The molecule has 1 aromatic carbocycles. The summed E-state index contributed by atoms with van der Waals surface area (Å²) in [4.78, 5) is 15.4. The number of nitrogens with zero attached hydrogens (tertiary/aromatic N) is 3. The van der Waals surface area contributed by atoms with E-state index in [1.54, 1.807) is 23.3 Å². The minimum atomic E-state index is -0.0625. The number of thiophene rings is 1. The van der Waals surface area contributed by atoms with Crippen molar-refractivity contribution in [3.63, 3.8) is 0 Å². The third kappa shape index (κ3) is 3.05. The summed E-state index contributed by atoms with van der Waals surface area (Å²) < 4.78 is 1.84. The summed E-state index contributed by atoms with van der Waals surface area (Å²) in [6.45, 7) is 3.98. The van der Waals surface area contributed by atoms with E-state index in [4.69, 9.17) is 0 Å². The molecule has 118 valence electrons. The van der Waals surface area contributed by atoms with Crippen molar-refractivity contribution in [3.05, 3.63) is 59.6 Å². The van der Waals surface area contributed by atoms with Gasteiger partial charge in [-0.3, -0.25) is 4.79 Å². The van der Waals surface area contributed by atoms with Crippen LogP contribution in [0.4, 0.5) is 0 Å². The molecule has 0 bridgehead atoms. The summed E-state index contributed by atoms with van der Waals surface area (Å²) in [6, 6.07) is 15.9. The molecular formula is C18H19N3OS. The van der Waals surface area contributed by atoms with Crippen molar-refractivity contribution in [2.24, 2.45) is 0 Å². The van der Waals surface area contributed by atoms with Crippen LogP contribution in [0.1, 0.15) is 24.3 Å². The minimum absolute atomic E-state index is 0.0625. The maximum atomic E-state index is 12.6. The smallest absolute Gasteiger partial charge is 0.274 e. The van der Waals surface area contributed by atoms with Gasteiger partial charge in [-0.1, -0.05) is 24.3 Å². The van der Waals surface area contributed by atoms with Crippen LogP contribution < -0.4 is 0 Å². The largest absolute Gasteiger partial charge is 0.338 e. The first-order valence-corrected chi connectivity index (χ1v) is 8.42. The van der Waals surface area contributed by atoms with Crippen molar-refractivity contribution in [3.8, 4) is 16.3 Å². The first kappa shape index (κ1) is 15.5. The number of amides is 1. The highest BCUT2D eigenvalue weighted by atomic mass is 32.1. The van der Waals surface area contributed by atoms with Crippen molar-refractivity contribution in [1.82, 2.24) is 14.7 Å². The summed E-state index contributed by atoms with van der Waals surface area (Å²) in [5.41, 5.74) is 2.35. The third-order valence-corrected chi connectivity index (χ3v) is 4.69. The summed E-state index contributed by atoms with van der Waals surface area (Å²) in [7, 11) is 1.80. The molecule has 3 rings (SSSR count). The van der Waals surface area contributed by atoms with Crippen molar-refractivity contribution >= 4 is 17.2 Å². The lowest BCUT2D eigenvalue weighted by atomic mass is 10.2. The van der Waals surface area contributed by atoms with E-state index < -0.39 is 0 Å². The zero-order valence-corrected chi connectivity index (χ0v) is 14.2. The monoisotopic (exact) mass is 325 g/mol. The normalized spacial score (nSPS) is 11.0. The van der Waals surface area contributed by atoms with Gasteiger partial charge in [-0.2, -0.15) is 5.10 Å². The fourth-order valence-electron chi connectivity index (χ4n) is 2.27. The Morgan fingerprint density at radius 3 is 2.52 bits per heavy atom. The van der Waals surface area contributed by atoms with E-state index in [-0.39, 0.29) is 11.9 Å². The molecule has 2 aromatic heterocycles. The molecule has 0 saturated heterocycles. The van der Waals surface area contributed by atoms with Crippen LogP contribution in [0.2, 0.25) is 0 Å². The standard InChI is InChI=1S/C18H19N3OS/c1-13(2)20(3)18(22)15-12-16(17-10-7-11-23-17)21(19-15)14-8-5-4-6-9-14/h4-13H,1-3H3. The lowest BCUT2D eigenvalue weighted by molar-refractivity contribution is 0.0748. The number of benzene rings is 1. The van der Waals surface area contributed by atoms with Gasteiger partial charge in [-0.15, -0.1) is 11.3 Å². The van der Waals surface area contributed by atoms with Crippen LogP contribution in [0, 0.1) is 0 Å². The maximum Gasteiger partial charge on any atom is 0.274 e. The Hall–Kier alpha value is -2.40. The zero-order chi connectivity index (χ0) is 16.4. The van der Waals surface area contributed by atoms with Gasteiger partial charge in [-0.05, 0) is 43.5 Å². The lowest BCUT2D eigenvalue weighted by Crippen LogP contribution is -2.33. The summed E-state index contributed by atoms with van der Waals surface area (Å²) in [5.74, 6) is -0.0625. The molecule has 0 aliphatic heterocycles. The fourth-order valence-corrected chi connectivity index (χ4v) is 2.99. The summed E-state index contributed by atoms with van der Waals surface area (Å²) in [5, 5.41) is 6.60. The molecule has 2 heterocycles. The maximum absolute atomic E-state index is 12.6. The van der Waals surface area contributed by atoms with Crippen LogP contribution in [0.5, 0.6) is 0 Å². The van der Waals surface area contributed by atoms with Crippen molar-refractivity contribution < 1.29 is 4.79 Å². The number of hydrogen-bond donors (Lipinski definition) is 0. The second kappa shape index (κ2) is 6.38. The number of para-hydroxylation sites is 1. The van der Waals surface area contributed by atoms with Gasteiger partial charge in [0.2, 0.25) is 0 Å². The second-order valence-corrected chi connectivity index (χ2v) is 6.60. The number of hydrogen-bond acceptors (Lipinski definition) is 3. The van der Waals surface area contributed by atoms with Gasteiger partial charge in [0.1, 0.15) is 0 Å². The Morgan fingerprint density at radius 2 is 1.91 bits per heavy atom. The molecule has 23 heavy (non-hydrogen) atoms. The highest BCUT2D eigenvalue weighted by Crippen LogP contribution is 2.28. The number of carbonyl (C=O) groups is 1. The molecule has 0 N–H and O–H groups in total. The van der Waals surface area contributed by atoms with Crippen LogP contribution in [0.25, 0.3) is 16.3 Å². The van der Waals surface area contributed by atoms with Crippen molar-refractivity contribution in [1.29, 1.82) is 0 Å². The molecule has 0 atom stereocenters. The summed E-state index contributed by atoms with van der Waals surface area (Å²) >= 11 is 1.64. The molecule has 0 unspecified atom stereocenters. The molecule has 4 nitrogen and oxygen atoms in total. The fraction of sp³-hybridized carbons (Fsp3) is 0.222. The van der Waals surface area contributed by atoms with Gasteiger partial charge in [0.25, 0.3) is 5.91 Å². The second-order valence-electron chi connectivity index (χ2n) is 5.65. The van der Waals surface area contributed by atoms with E-state index in [0.717, 1.165) is 16.3 Å². The Balaban J connectivity index is 2.10. The van der Waals surface area contributed by atoms with Gasteiger partial charge < -0.3 is 4.90 Å². The van der Waals surface area contributed by atoms with Gasteiger partial charge in [-0.25, -0.2) is 4.68 Å². The Bertz CT molecular complexity index is 791. The first-order valence-electron chi connectivity index (χ1n) is 7.54. The predicted molar refractivity (Wildman–Crippen MR) is 94.1 cm³/mol. The van der Waals surface area contributed by atoms with Gasteiger partial charge >= 0.3 is 0 Å². The molecule has 5 heteroatoms. The topological polar surface area (TPSA) is 38.1 Å². The molecule has 3 aromatic rings. The van der Waals surface area contributed by atoms with Crippen LogP contribution >= 0.6 is 11.3 Å². The quantitative estimate of drug-likeness (QED) is 0.725. The Labute approximate surface area is 140 Å². The molecule has 0 aliphatic carbocycles. The molecule has 0 aliphatic rings. The van der Waals surface area contributed by atoms with Gasteiger partial charge in [0.15, 0.2) is 5.69 Å². The van der Waals surface area contributed by atoms with E-state index in [2.05, 4.69) is 5.10 Å². The van der Waals surface area contributed by atoms with Crippen LogP contribution in [0.3, 0.4) is 0 Å². The SMILES string of the molecule is CC(C)N(C)C(=O)c1cc(-c2cccs2)n(-c2ccccc2)n1. The summed E-state index contributed by atoms with van der Waals surface area (Å²) in [6.07, 6.45) is 0. The van der Waals surface area contributed by atoms with E-state index in [1.165, 1.54) is 0 Å². The predicted octanol–water partition coefficient (Wildman–Crippen LogP) is 4.08. The van der Waals surface area contributed by atoms with E-state index in [9.17, 15) is 4.79 Å². The zero-order valence-electron chi connectivity index (χ0n) is 13.4. The van der Waals surface area contributed by atoms with Crippen LogP contribution in [0.15, 0.2) is 53.9 Å². The number of rotatable bonds is 4. The van der Waals surface area contributed by atoms with Crippen molar-refractivity contribution in [2.75, 3.05) is 7.05 Å². The molecule has 0 spiro atoms. The van der Waals surface area contributed by atoms with Crippen LogP contribution in [-0.2, 0) is 0 Å². The Morgan fingerprint density at radius 1 is 1.17 bits per heavy atom. The number of aromatic nitrogens is 2. The average molecular weight is 325 g/mol. The highest BCUT2D eigenvalue weighted by Gasteiger charge is 2.21. The van der Waals surface area contributed by atoms with Crippen LogP contribution in [-0.4, -0.2) is 33.7 Å². The molecule has 1 amide bonds. The van der Waals surface area contributed by atoms with Crippen molar-refractivity contribution in [2.45, 2.75) is 19.9 Å². The minimum Gasteiger partial charge on any atom is -0.338 e. The number of carbonyl (C=O) groups excluding carboxylic acids is 1. The first-order chi connectivity index (χ1) is 11.1. The molecule has 0 saturated carbocycles. The van der Waals surface area contributed by atoms with Gasteiger partial charge in [0.05, 0.1) is 16.3 Å².